The summed E-state index contributed by atoms with van der Waals surface area (Å²) >= 11 is 0. The van der Waals surface area contributed by atoms with Gasteiger partial charge in [0.15, 0.2) is 5.82 Å². The Balaban J connectivity index is 1.26. The number of carbonyl (C=O) groups is 1. The highest BCUT2D eigenvalue weighted by Gasteiger charge is 2.56. The van der Waals surface area contributed by atoms with Gasteiger partial charge in [-0.2, -0.15) is 4.98 Å². The van der Waals surface area contributed by atoms with E-state index in [1.807, 2.05) is 13.8 Å². The number of rotatable bonds is 5. The predicted octanol–water partition coefficient (Wildman–Crippen LogP) is 2.68. The third kappa shape index (κ3) is 3.89. The minimum absolute atomic E-state index is 0.0408. The number of nitrogens with one attached hydrogen (secondary N) is 2. The summed E-state index contributed by atoms with van der Waals surface area (Å²) in [5.74, 6) is 1.73. The summed E-state index contributed by atoms with van der Waals surface area (Å²) in [4.78, 5) is 17.0. The monoisotopic (exact) mass is 392 g/mol. The van der Waals surface area contributed by atoms with Gasteiger partial charge in [-0.1, -0.05) is 5.16 Å². The molecule has 0 radical (unpaired) electrons. The first kappa shape index (κ1) is 19.6. The van der Waals surface area contributed by atoms with Gasteiger partial charge < -0.3 is 24.6 Å². The van der Waals surface area contributed by atoms with Crippen LogP contribution in [0, 0.1) is 12.3 Å². The lowest BCUT2D eigenvalue weighted by atomic mass is 9.57. The van der Waals surface area contributed by atoms with Gasteiger partial charge >= 0.3 is 6.03 Å². The first-order valence-electron chi connectivity index (χ1n) is 10.7. The number of urea groups is 1. The molecule has 3 fully saturated rings. The third-order valence-electron chi connectivity index (χ3n) is 6.84. The fourth-order valence-corrected chi connectivity index (χ4v) is 5.16. The van der Waals surface area contributed by atoms with E-state index in [0.29, 0.717) is 11.7 Å². The molecule has 8 nitrogen and oxygen atoms in total. The van der Waals surface area contributed by atoms with Crippen LogP contribution in [0.25, 0.3) is 0 Å². The van der Waals surface area contributed by atoms with Gasteiger partial charge in [0.2, 0.25) is 5.89 Å². The fourth-order valence-electron chi connectivity index (χ4n) is 5.16. The van der Waals surface area contributed by atoms with E-state index >= 15 is 0 Å². The molecule has 8 heteroatoms. The summed E-state index contributed by atoms with van der Waals surface area (Å²) in [5.41, 5.74) is 0.0408. The van der Waals surface area contributed by atoms with Crippen molar-refractivity contribution in [2.45, 2.75) is 82.9 Å². The zero-order valence-corrected chi connectivity index (χ0v) is 16.9. The van der Waals surface area contributed by atoms with E-state index in [1.165, 1.54) is 0 Å². The van der Waals surface area contributed by atoms with E-state index in [4.69, 9.17) is 14.0 Å². The zero-order valence-electron chi connectivity index (χ0n) is 16.9. The Morgan fingerprint density at radius 3 is 2.61 bits per heavy atom. The maximum atomic E-state index is 12.6. The van der Waals surface area contributed by atoms with E-state index < -0.39 is 0 Å². The van der Waals surface area contributed by atoms with Crippen LogP contribution < -0.4 is 10.6 Å². The maximum absolute atomic E-state index is 12.6. The number of carbonyl (C=O) groups excluding carboxylic acids is 1. The molecule has 0 aromatic carbocycles. The summed E-state index contributed by atoms with van der Waals surface area (Å²) in [5, 5.41) is 10.3. The van der Waals surface area contributed by atoms with Crippen LogP contribution in [0.1, 0.15) is 69.5 Å². The van der Waals surface area contributed by atoms with Crippen molar-refractivity contribution in [2.75, 3.05) is 19.8 Å². The first-order chi connectivity index (χ1) is 13.6. The van der Waals surface area contributed by atoms with Crippen molar-refractivity contribution in [1.29, 1.82) is 0 Å². The van der Waals surface area contributed by atoms with Crippen molar-refractivity contribution >= 4 is 6.03 Å². The summed E-state index contributed by atoms with van der Waals surface area (Å²) in [7, 11) is 0. The molecule has 1 saturated heterocycles. The Kier molecular flexibility index (Phi) is 5.87. The molecule has 2 unspecified atom stereocenters. The number of hydrogen-bond acceptors (Lipinski definition) is 6. The highest BCUT2D eigenvalue weighted by molar-refractivity contribution is 5.75. The lowest BCUT2D eigenvalue weighted by Gasteiger charge is -2.57. The molecule has 3 aliphatic rings. The van der Waals surface area contributed by atoms with Crippen molar-refractivity contribution in [3.8, 4) is 0 Å². The summed E-state index contributed by atoms with van der Waals surface area (Å²) in [6, 6.07) is 0.322. The Morgan fingerprint density at radius 1 is 1.21 bits per heavy atom. The fraction of sp³-hybridized carbons (Fsp3) is 0.850. The van der Waals surface area contributed by atoms with E-state index in [2.05, 4.69) is 20.8 Å². The van der Waals surface area contributed by atoms with E-state index in [-0.39, 0.29) is 29.6 Å². The Morgan fingerprint density at radius 2 is 1.96 bits per heavy atom. The van der Waals surface area contributed by atoms with Crippen LogP contribution in [0.4, 0.5) is 4.79 Å². The van der Waals surface area contributed by atoms with Gasteiger partial charge in [-0.15, -0.1) is 0 Å². The van der Waals surface area contributed by atoms with Gasteiger partial charge in [0, 0.05) is 43.2 Å². The van der Waals surface area contributed by atoms with Crippen LogP contribution in [0.15, 0.2) is 4.52 Å². The molecule has 2 heterocycles. The number of ether oxygens (including phenoxy) is 2. The second-order valence-electron chi connectivity index (χ2n) is 8.42. The smallest absolute Gasteiger partial charge is 0.315 e. The standard InChI is InChI=1S/C20H32N4O4/c1-3-27-17-12-16(20(17)8-10-26-11-9-20)23-19(25)22-15-6-4-14(5-7-15)18-21-13(2)24-28-18/h14-17H,3-12H2,1-2H3,(H2,22,23,25). The van der Waals surface area contributed by atoms with Gasteiger partial charge in [-0.05, 0) is 58.8 Å². The Hall–Kier alpha value is -1.67. The molecular formula is C20H32N4O4. The SMILES string of the molecule is CCOC1CC(NC(=O)NC2CCC(c3nc(C)no3)CC2)C12CCOCC2. The van der Waals surface area contributed by atoms with Crippen LogP contribution in [-0.2, 0) is 9.47 Å². The minimum Gasteiger partial charge on any atom is -0.381 e. The average Bonchev–Trinajstić information content (AvgIpc) is 3.15. The molecule has 2 atom stereocenters. The highest BCUT2D eigenvalue weighted by atomic mass is 16.5. The minimum atomic E-state index is -0.0529. The second-order valence-corrected chi connectivity index (χ2v) is 8.42. The van der Waals surface area contributed by atoms with E-state index in [0.717, 1.165) is 70.7 Å². The number of nitrogens with zero attached hydrogens (tertiary/aromatic N) is 2. The van der Waals surface area contributed by atoms with Gasteiger partial charge in [-0.3, -0.25) is 0 Å². The summed E-state index contributed by atoms with van der Waals surface area (Å²) < 4.78 is 16.8. The predicted molar refractivity (Wildman–Crippen MR) is 102 cm³/mol. The molecule has 2 saturated carbocycles. The Bertz CT molecular complexity index is 665. The molecular weight excluding hydrogens is 360 g/mol. The van der Waals surface area contributed by atoms with Gasteiger partial charge in [0.05, 0.1) is 6.10 Å². The number of amides is 2. The topological polar surface area (TPSA) is 98.5 Å². The molecule has 1 aromatic rings. The quantitative estimate of drug-likeness (QED) is 0.799. The van der Waals surface area contributed by atoms with Crippen molar-refractivity contribution in [1.82, 2.24) is 20.8 Å². The molecule has 1 spiro atoms. The van der Waals surface area contributed by atoms with Gasteiger partial charge in [-0.25, -0.2) is 4.79 Å². The van der Waals surface area contributed by atoms with Crippen molar-refractivity contribution in [3.63, 3.8) is 0 Å². The lowest BCUT2D eigenvalue weighted by molar-refractivity contribution is -0.169. The number of aromatic nitrogens is 2. The molecule has 156 valence electrons. The normalized spacial score (nSPS) is 31.9. The molecule has 0 bridgehead atoms. The van der Waals surface area contributed by atoms with E-state index in [1.54, 1.807) is 0 Å². The number of hydrogen-bond donors (Lipinski definition) is 2. The van der Waals surface area contributed by atoms with Gasteiger partial charge in [0.1, 0.15) is 0 Å². The van der Waals surface area contributed by atoms with Crippen LogP contribution in [0.3, 0.4) is 0 Å². The highest BCUT2D eigenvalue weighted by Crippen LogP contribution is 2.50. The van der Waals surface area contributed by atoms with Crippen molar-refractivity contribution < 1.29 is 18.8 Å². The van der Waals surface area contributed by atoms with Crippen molar-refractivity contribution in [2.24, 2.45) is 5.41 Å². The van der Waals surface area contributed by atoms with Gasteiger partial charge in [0.25, 0.3) is 0 Å². The first-order valence-corrected chi connectivity index (χ1v) is 10.7. The van der Waals surface area contributed by atoms with Crippen LogP contribution in [-0.4, -0.2) is 54.2 Å². The summed E-state index contributed by atoms with van der Waals surface area (Å²) in [6.07, 6.45) is 6.84. The van der Waals surface area contributed by atoms with Crippen LogP contribution >= 0.6 is 0 Å². The zero-order chi connectivity index (χ0) is 19.6. The molecule has 2 N–H and O–H groups in total. The molecule has 1 aromatic heterocycles. The Labute approximate surface area is 166 Å². The number of aryl methyl sites for hydroxylation is 1. The third-order valence-corrected chi connectivity index (χ3v) is 6.84. The van der Waals surface area contributed by atoms with Crippen LogP contribution in [0.5, 0.6) is 0 Å². The molecule has 2 amide bonds. The molecule has 4 rings (SSSR count). The second kappa shape index (κ2) is 8.37. The maximum Gasteiger partial charge on any atom is 0.315 e. The summed E-state index contributed by atoms with van der Waals surface area (Å²) in [6.45, 7) is 6.10. The van der Waals surface area contributed by atoms with Crippen LogP contribution in [0.2, 0.25) is 0 Å². The largest absolute Gasteiger partial charge is 0.381 e. The molecule has 28 heavy (non-hydrogen) atoms. The van der Waals surface area contributed by atoms with Crippen molar-refractivity contribution in [3.05, 3.63) is 11.7 Å². The van der Waals surface area contributed by atoms with E-state index in [9.17, 15) is 4.79 Å². The lowest BCUT2D eigenvalue weighted by Crippen LogP contribution is -2.67. The molecule has 1 aliphatic heterocycles. The average molecular weight is 393 g/mol. The molecule has 2 aliphatic carbocycles.